The second-order valence-corrected chi connectivity index (χ2v) is 11.2. The van der Waals surface area contributed by atoms with E-state index in [1.807, 2.05) is 93.3 Å². The Morgan fingerprint density at radius 1 is 0.789 bits per heavy atom. The number of ether oxygens (including phenoxy) is 5. The Morgan fingerprint density at radius 3 is 1.95 bits per heavy atom. The lowest BCUT2D eigenvalue weighted by molar-refractivity contribution is -0.171. The standard InChI is InChI=1S/C29H34N2O7/c1-28(2)34-16-20(37-28)23-25(21-17-35-29(3,4)38-21)36-27(33)31(23)24-22(19-13-9-6-10-14-19)30(26(24)32)15-18-11-7-5-8-12-18/h5-14,20-25H,15-17H2,1-4H3/t20-,21-,22-,23-,24+,25-/m1/s1. The molecule has 0 aliphatic carbocycles. The van der Waals surface area contributed by atoms with Crippen LogP contribution in [0, 0.1) is 0 Å². The molecule has 4 heterocycles. The van der Waals surface area contributed by atoms with Crippen LogP contribution < -0.4 is 0 Å². The molecule has 4 fully saturated rings. The van der Waals surface area contributed by atoms with Crippen molar-refractivity contribution in [1.82, 2.24) is 9.80 Å². The SMILES string of the molecule is CC1(C)OC[C@H]([C@H]2OC(=O)N([C@@H]3C(=O)N(Cc4ccccc4)[C@@H]3c3ccccc3)[C@@H]2[C@H]2COC(C)(C)O2)O1. The molecule has 0 bridgehead atoms. The summed E-state index contributed by atoms with van der Waals surface area (Å²) in [5.74, 6) is -1.75. The second-order valence-electron chi connectivity index (χ2n) is 11.2. The number of rotatable bonds is 6. The molecule has 4 aliphatic rings. The van der Waals surface area contributed by atoms with E-state index in [0.717, 1.165) is 11.1 Å². The molecule has 2 aromatic rings. The molecule has 0 spiro atoms. The maximum atomic E-state index is 13.8. The fourth-order valence-corrected chi connectivity index (χ4v) is 6.04. The van der Waals surface area contributed by atoms with Crippen LogP contribution in [0.1, 0.15) is 44.9 Å². The quantitative estimate of drug-likeness (QED) is 0.536. The molecule has 0 unspecified atom stereocenters. The fraction of sp³-hybridized carbons (Fsp3) is 0.517. The first kappa shape index (κ1) is 25.3. The monoisotopic (exact) mass is 522 g/mol. The Balaban J connectivity index is 1.35. The molecule has 0 radical (unpaired) electrons. The molecule has 202 valence electrons. The van der Waals surface area contributed by atoms with Crippen LogP contribution >= 0.6 is 0 Å². The zero-order valence-corrected chi connectivity index (χ0v) is 22.1. The summed E-state index contributed by atoms with van der Waals surface area (Å²) in [4.78, 5) is 30.8. The van der Waals surface area contributed by atoms with E-state index in [1.165, 1.54) is 0 Å². The van der Waals surface area contributed by atoms with Crippen LogP contribution in [0.2, 0.25) is 0 Å². The van der Waals surface area contributed by atoms with Gasteiger partial charge in [0.2, 0.25) is 5.91 Å². The van der Waals surface area contributed by atoms with Gasteiger partial charge in [0.05, 0.1) is 19.3 Å². The van der Waals surface area contributed by atoms with Gasteiger partial charge in [-0.2, -0.15) is 0 Å². The lowest BCUT2D eigenvalue weighted by Gasteiger charge is -2.51. The van der Waals surface area contributed by atoms with Crippen molar-refractivity contribution in [3.05, 3.63) is 71.8 Å². The van der Waals surface area contributed by atoms with E-state index in [9.17, 15) is 9.59 Å². The number of amides is 2. The molecular weight excluding hydrogens is 488 g/mol. The average molecular weight is 523 g/mol. The molecule has 0 N–H and O–H groups in total. The van der Waals surface area contributed by atoms with Gasteiger partial charge in [-0.05, 0) is 38.8 Å². The van der Waals surface area contributed by atoms with Crippen molar-refractivity contribution < 1.29 is 33.3 Å². The van der Waals surface area contributed by atoms with Gasteiger partial charge in [0.1, 0.15) is 24.3 Å². The van der Waals surface area contributed by atoms with E-state index >= 15 is 0 Å². The van der Waals surface area contributed by atoms with Crippen molar-refractivity contribution in [1.29, 1.82) is 0 Å². The molecule has 9 heteroatoms. The van der Waals surface area contributed by atoms with E-state index in [1.54, 1.807) is 4.90 Å². The lowest BCUT2D eigenvalue weighted by atomic mass is 9.85. The topological polar surface area (TPSA) is 86.8 Å². The summed E-state index contributed by atoms with van der Waals surface area (Å²) in [5.41, 5.74) is 1.97. The molecule has 0 saturated carbocycles. The highest BCUT2D eigenvalue weighted by Crippen LogP contribution is 2.45. The van der Waals surface area contributed by atoms with Crippen molar-refractivity contribution in [2.24, 2.45) is 0 Å². The van der Waals surface area contributed by atoms with Gasteiger partial charge < -0.3 is 28.6 Å². The molecule has 0 aromatic heterocycles. The minimum Gasteiger partial charge on any atom is -0.441 e. The number of carbonyl (C=O) groups excluding carboxylic acids is 2. The van der Waals surface area contributed by atoms with Crippen molar-refractivity contribution >= 4 is 12.0 Å². The van der Waals surface area contributed by atoms with Crippen molar-refractivity contribution in [3.8, 4) is 0 Å². The predicted octanol–water partition coefficient (Wildman–Crippen LogP) is 3.63. The number of nitrogens with zero attached hydrogens (tertiary/aromatic N) is 2. The minimum absolute atomic E-state index is 0.132. The maximum Gasteiger partial charge on any atom is 0.411 e. The molecule has 38 heavy (non-hydrogen) atoms. The molecule has 6 atom stereocenters. The summed E-state index contributed by atoms with van der Waals surface area (Å²) in [6.45, 7) is 8.32. The third-order valence-corrected chi connectivity index (χ3v) is 7.72. The summed E-state index contributed by atoms with van der Waals surface area (Å²) >= 11 is 0. The number of hydrogen-bond acceptors (Lipinski definition) is 7. The molecule has 2 amide bonds. The lowest BCUT2D eigenvalue weighted by Crippen LogP contribution is -2.68. The minimum atomic E-state index is -0.819. The molecule has 6 rings (SSSR count). The van der Waals surface area contributed by atoms with Crippen LogP contribution in [0.25, 0.3) is 0 Å². The van der Waals surface area contributed by atoms with E-state index < -0.39 is 48.1 Å². The van der Waals surface area contributed by atoms with Crippen molar-refractivity contribution in [2.45, 2.75) is 82.3 Å². The van der Waals surface area contributed by atoms with Gasteiger partial charge in [-0.25, -0.2) is 4.79 Å². The Hall–Kier alpha value is -2.98. The van der Waals surface area contributed by atoms with Crippen LogP contribution in [0.15, 0.2) is 60.7 Å². The van der Waals surface area contributed by atoms with Crippen LogP contribution in [0.5, 0.6) is 0 Å². The summed E-state index contributed by atoms with van der Waals surface area (Å²) in [5, 5.41) is 0. The first-order chi connectivity index (χ1) is 18.1. The third-order valence-electron chi connectivity index (χ3n) is 7.72. The van der Waals surface area contributed by atoms with Gasteiger partial charge >= 0.3 is 6.09 Å². The smallest absolute Gasteiger partial charge is 0.411 e. The second kappa shape index (κ2) is 9.34. The zero-order valence-electron chi connectivity index (χ0n) is 22.1. The maximum absolute atomic E-state index is 13.8. The summed E-state index contributed by atoms with van der Waals surface area (Å²) in [6, 6.07) is 18.0. The largest absolute Gasteiger partial charge is 0.441 e. The molecule has 9 nitrogen and oxygen atoms in total. The highest BCUT2D eigenvalue weighted by atomic mass is 16.8. The molecule has 4 aliphatic heterocycles. The van der Waals surface area contributed by atoms with Crippen molar-refractivity contribution in [3.63, 3.8) is 0 Å². The molecule has 4 saturated heterocycles. The highest BCUT2D eigenvalue weighted by molar-refractivity contribution is 5.93. The molecule has 2 aromatic carbocycles. The molecular formula is C29H34N2O7. The van der Waals surface area contributed by atoms with Gasteiger partial charge in [-0.15, -0.1) is 0 Å². The Morgan fingerprint density at radius 2 is 1.37 bits per heavy atom. The number of likely N-dealkylation sites (tertiary alicyclic amines) is 1. The van der Waals surface area contributed by atoms with E-state index in [4.69, 9.17) is 23.7 Å². The van der Waals surface area contributed by atoms with E-state index in [-0.39, 0.29) is 25.2 Å². The average Bonchev–Trinajstić information content (AvgIpc) is 3.55. The first-order valence-electron chi connectivity index (χ1n) is 13.2. The summed E-state index contributed by atoms with van der Waals surface area (Å²) < 4.78 is 30.0. The van der Waals surface area contributed by atoms with Crippen LogP contribution in [0.3, 0.4) is 0 Å². The number of hydrogen-bond donors (Lipinski definition) is 0. The Bertz CT molecular complexity index is 1190. The highest BCUT2D eigenvalue weighted by Gasteiger charge is 2.63. The van der Waals surface area contributed by atoms with Gasteiger partial charge in [0.25, 0.3) is 0 Å². The summed E-state index contributed by atoms with van der Waals surface area (Å²) in [6.07, 6.45) is -2.23. The summed E-state index contributed by atoms with van der Waals surface area (Å²) in [7, 11) is 0. The van der Waals surface area contributed by atoms with Crippen LogP contribution in [0.4, 0.5) is 4.79 Å². The normalized spacial score (nSPS) is 33.9. The van der Waals surface area contributed by atoms with Crippen LogP contribution in [-0.4, -0.2) is 77.0 Å². The number of benzene rings is 2. The van der Waals surface area contributed by atoms with Gasteiger partial charge in [0, 0.05) is 6.54 Å². The van der Waals surface area contributed by atoms with Gasteiger partial charge in [-0.1, -0.05) is 60.7 Å². The zero-order chi connectivity index (χ0) is 26.7. The first-order valence-corrected chi connectivity index (χ1v) is 13.2. The van der Waals surface area contributed by atoms with Gasteiger partial charge in [0.15, 0.2) is 17.7 Å². The number of β-lactam (4-membered cyclic amide) rings is 1. The Kier molecular flexibility index (Phi) is 6.22. The van der Waals surface area contributed by atoms with Gasteiger partial charge in [-0.3, -0.25) is 9.69 Å². The number of cyclic esters (lactones) is 1. The van der Waals surface area contributed by atoms with E-state index in [2.05, 4.69) is 0 Å². The third kappa shape index (κ3) is 4.47. The van der Waals surface area contributed by atoms with E-state index in [0.29, 0.717) is 6.54 Å². The fourth-order valence-electron chi connectivity index (χ4n) is 6.04. The predicted molar refractivity (Wildman–Crippen MR) is 136 cm³/mol. The Labute approximate surface area is 222 Å². The number of carbonyl (C=O) groups is 2. The van der Waals surface area contributed by atoms with Crippen molar-refractivity contribution in [2.75, 3.05) is 13.2 Å². The van der Waals surface area contributed by atoms with Crippen LogP contribution in [-0.2, 0) is 35.0 Å².